The lowest BCUT2D eigenvalue weighted by molar-refractivity contribution is 0.0616. The predicted octanol–water partition coefficient (Wildman–Crippen LogP) is 5.71. The van der Waals surface area contributed by atoms with Gasteiger partial charge in [-0.25, -0.2) is 0 Å². The molecule has 0 spiro atoms. The molecule has 1 aliphatic rings. The molecule has 30 heavy (non-hydrogen) atoms. The minimum absolute atomic E-state index is 0.628. The van der Waals surface area contributed by atoms with Gasteiger partial charge in [-0.1, -0.05) is 35.0 Å². The molecule has 1 saturated heterocycles. The smallest absolute Gasteiger partial charge is 0.141 e. The van der Waals surface area contributed by atoms with Gasteiger partial charge in [-0.2, -0.15) is 0 Å². The quantitative estimate of drug-likeness (QED) is 0.439. The second-order valence-corrected chi connectivity index (χ2v) is 8.41. The van der Waals surface area contributed by atoms with Gasteiger partial charge >= 0.3 is 0 Å². The number of nitrogens with zero attached hydrogens (tertiary/aromatic N) is 3. The zero-order valence-corrected chi connectivity index (χ0v) is 17.8. The summed E-state index contributed by atoms with van der Waals surface area (Å²) in [5.41, 5.74) is 8.85. The first kappa shape index (κ1) is 19.1. The maximum Gasteiger partial charge on any atom is 0.141 e. The molecule has 5 nitrogen and oxygen atoms in total. The van der Waals surface area contributed by atoms with Crippen molar-refractivity contribution in [3.63, 3.8) is 0 Å². The second-order valence-electron chi connectivity index (χ2n) is 8.41. The number of aromatic nitrogens is 3. The maximum atomic E-state index is 5.57. The summed E-state index contributed by atoms with van der Waals surface area (Å²) in [6, 6.07) is 10.9. The summed E-state index contributed by atoms with van der Waals surface area (Å²) in [5.74, 6) is 1.46. The highest BCUT2D eigenvalue weighted by atomic mass is 16.5. The van der Waals surface area contributed by atoms with E-state index in [2.05, 4.69) is 53.2 Å². The number of rotatable bonds is 4. The van der Waals surface area contributed by atoms with Crippen molar-refractivity contribution < 1.29 is 9.26 Å². The summed E-state index contributed by atoms with van der Waals surface area (Å²) in [6.45, 7) is 8.76. The molecule has 5 heteroatoms. The molecule has 0 radical (unpaired) electrons. The van der Waals surface area contributed by atoms with Crippen LogP contribution in [0.15, 0.2) is 47.2 Å². The minimum atomic E-state index is 0.628. The van der Waals surface area contributed by atoms with Crippen LogP contribution in [-0.2, 0) is 11.3 Å². The Hall–Kier alpha value is -2.92. The summed E-state index contributed by atoms with van der Waals surface area (Å²) in [6.07, 6.45) is 6.44. The highest BCUT2D eigenvalue weighted by Crippen LogP contribution is 2.35. The van der Waals surface area contributed by atoms with Crippen molar-refractivity contribution in [3.05, 3.63) is 59.7 Å². The van der Waals surface area contributed by atoms with E-state index in [0.29, 0.717) is 5.92 Å². The van der Waals surface area contributed by atoms with E-state index in [4.69, 9.17) is 14.2 Å². The van der Waals surface area contributed by atoms with Gasteiger partial charge in [0.15, 0.2) is 0 Å². The van der Waals surface area contributed by atoms with Crippen LogP contribution in [0.3, 0.4) is 0 Å². The number of fused-ring (bicyclic) bond motifs is 1. The predicted molar refractivity (Wildman–Crippen MR) is 118 cm³/mol. The van der Waals surface area contributed by atoms with Crippen LogP contribution < -0.4 is 0 Å². The van der Waals surface area contributed by atoms with Gasteiger partial charge in [0, 0.05) is 48.8 Å². The molecule has 0 amide bonds. The summed E-state index contributed by atoms with van der Waals surface area (Å²) in [7, 11) is 0. The Kier molecular flexibility index (Phi) is 4.91. The molecule has 3 aromatic heterocycles. The fourth-order valence-electron chi connectivity index (χ4n) is 4.50. The van der Waals surface area contributed by atoms with Gasteiger partial charge in [-0.05, 0) is 51.2 Å². The third-order valence-electron chi connectivity index (χ3n) is 6.20. The molecule has 0 saturated carbocycles. The van der Waals surface area contributed by atoms with Crippen LogP contribution in [0, 0.1) is 26.7 Å². The van der Waals surface area contributed by atoms with E-state index in [9.17, 15) is 0 Å². The lowest BCUT2D eigenvalue weighted by Gasteiger charge is -2.22. The fraction of sp³-hybridized carbons (Fsp3) is 0.360. The van der Waals surface area contributed by atoms with Crippen molar-refractivity contribution in [2.75, 3.05) is 13.2 Å². The zero-order chi connectivity index (χ0) is 20.7. The summed E-state index contributed by atoms with van der Waals surface area (Å²) < 4.78 is 13.4. The monoisotopic (exact) mass is 401 g/mol. The molecule has 1 aromatic carbocycles. The Morgan fingerprint density at radius 1 is 1.03 bits per heavy atom. The number of hydrogen-bond donors (Lipinski definition) is 0. The Morgan fingerprint density at radius 2 is 1.80 bits per heavy atom. The van der Waals surface area contributed by atoms with Crippen molar-refractivity contribution >= 4 is 11.0 Å². The maximum absolute atomic E-state index is 5.57. The van der Waals surface area contributed by atoms with Crippen molar-refractivity contribution in [3.8, 4) is 22.3 Å². The van der Waals surface area contributed by atoms with Gasteiger partial charge in [-0.3, -0.25) is 4.98 Å². The molecule has 0 aliphatic carbocycles. The first-order chi connectivity index (χ1) is 14.6. The molecular weight excluding hydrogens is 374 g/mol. The first-order valence-electron chi connectivity index (χ1n) is 10.7. The van der Waals surface area contributed by atoms with Crippen LogP contribution in [0.1, 0.15) is 29.9 Å². The molecule has 154 valence electrons. The molecule has 4 aromatic rings. The summed E-state index contributed by atoms with van der Waals surface area (Å²) >= 11 is 0. The van der Waals surface area contributed by atoms with Crippen LogP contribution in [0.2, 0.25) is 0 Å². The Morgan fingerprint density at radius 3 is 2.50 bits per heavy atom. The highest BCUT2D eigenvalue weighted by molar-refractivity contribution is 5.95. The normalized spacial score (nSPS) is 15.2. The van der Waals surface area contributed by atoms with E-state index in [1.54, 1.807) is 0 Å². The number of ether oxygens (including phenoxy) is 1. The molecule has 0 bridgehead atoms. The van der Waals surface area contributed by atoms with Crippen LogP contribution >= 0.6 is 0 Å². The van der Waals surface area contributed by atoms with Crippen molar-refractivity contribution in [1.29, 1.82) is 0 Å². The van der Waals surface area contributed by atoms with E-state index in [-0.39, 0.29) is 0 Å². The molecule has 5 rings (SSSR count). The average molecular weight is 402 g/mol. The average Bonchev–Trinajstić information content (AvgIpc) is 3.28. The second kappa shape index (κ2) is 7.73. The zero-order valence-electron chi connectivity index (χ0n) is 17.8. The van der Waals surface area contributed by atoms with Gasteiger partial charge in [0.1, 0.15) is 5.76 Å². The van der Waals surface area contributed by atoms with Gasteiger partial charge in [0.2, 0.25) is 0 Å². The summed E-state index contributed by atoms with van der Waals surface area (Å²) in [5, 5.41) is 4.13. The SMILES string of the molecule is Cc1ccc(-c2cn(CC3CCOCC3)c3cc(-c4c(C)noc4C)cnc23)cc1. The number of hydrogen-bond acceptors (Lipinski definition) is 4. The van der Waals surface area contributed by atoms with Gasteiger partial charge in [0.25, 0.3) is 0 Å². The van der Waals surface area contributed by atoms with Crippen molar-refractivity contribution in [1.82, 2.24) is 14.7 Å². The molecule has 1 aliphatic heterocycles. The van der Waals surface area contributed by atoms with E-state index in [0.717, 1.165) is 66.2 Å². The summed E-state index contributed by atoms with van der Waals surface area (Å²) in [4.78, 5) is 4.92. The first-order valence-corrected chi connectivity index (χ1v) is 10.7. The van der Waals surface area contributed by atoms with E-state index in [1.807, 2.05) is 20.0 Å². The minimum Gasteiger partial charge on any atom is -0.381 e. The molecular formula is C25H27N3O2. The lowest BCUT2D eigenvalue weighted by Crippen LogP contribution is -2.20. The molecule has 4 heterocycles. The van der Waals surface area contributed by atoms with Gasteiger partial charge < -0.3 is 13.8 Å². The topological polar surface area (TPSA) is 53.1 Å². The number of pyridine rings is 1. The lowest BCUT2D eigenvalue weighted by atomic mass is 10.0. The highest BCUT2D eigenvalue weighted by Gasteiger charge is 2.20. The van der Waals surface area contributed by atoms with E-state index in [1.165, 1.54) is 16.7 Å². The molecule has 1 fully saturated rings. The van der Waals surface area contributed by atoms with Crippen molar-refractivity contribution in [2.45, 2.75) is 40.2 Å². The Labute approximate surface area is 176 Å². The standard InChI is InChI=1S/C25H27N3O2/c1-16-4-6-20(7-5-16)22-15-28(14-19-8-10-29-11-9-19)23-12-21(13-26-25(22)23)24-17(2)27-30-18(24)3/h4-7,12-13,15,19H,8-11,14H2,1-3H3. The van der Waals surface area contributed by atoms with Crippen LogP contribution in [0.25, 0.3) is 33.3 Å². The van der Waals surface area contributed by atoms with E-state index < -0.39 is 0 Å². The van der Waals surface area contributed by atoms with Crippen LogP contribution in [0.4, 0.5) is 0 Å². The van der Waals surface area contributed by atoms with Crippen LogP contribution in [0.5, 0.6) is 0 Å². The van der Waals surface area contributed by atoms with Gasteiger partial charge in [-0.15, -0.1) is 0 Å². The van der Waals surface area contributed by atoms with Crippen molar-refractivity contribution in [2.24, 2.45) is 5.92 Å². The largest absolute Gasteiger partial charge is 0.381 e. The molecule has 0 N–H and O–H groups in total. The molecule has 0 unspecified atom stereocenters. The number of aryl methyl sites for hydroxylation is 3. The third kappa shape index (κ3) is 3.43. The van der Waals surface area contributed by atoms with Gasteiger partial charge in [0.05, 0.1) is 16.7 Å². The third-order valence-corrected chi connectivity index (χ3v) is 6.20. The Balaban J connectivity index is 1.65. The molecule has 0 atom stereocenters. The number of benzene rings is 1. The van der Waals surface area contributed by atoms with Crippen LogP contribution in [-0.4, -0.2) is 27.9 Å². The fourth-order valence-corrected chi connectivity index (χ4v) is 4.50. The Bertz CT molecular complexity index is 1160. The van der Waals surface area contributed by atoms with E-state index >= 15 is 0 Å².